The molecule has 0 atom stereocenters. The second kappa shape index (κ2) is 7.58. The van der Waals surface area contributed by atoms with Crippen LogP contribution in [0.4, 0.5) is 0 Å². The smallest absolute Gasteiger partial charge is 1.00 e. The molecule has 0 aliphatic heterocycles. The normalized spacial score (nSPS) is 17.4. The first-order valence-electron chi connectivity index (χ1n) is 6.77. The van der Waals surface area contributed by atoms with Gasteiger partial charge in [0, 0.05) is 0 Å². The van der Waals surface area contributed by atoms with Crippen LogP contribution in [0.2, 0.25) is 0 Å². The van der Waals surface area contributed by atoms with E-state index in [4.69, 9.17) is 0 Å². The molecular formula is C18H28Zr. The molecule has 0 unspecified atom stereocenters. The zero-order chi connectivity index (χ0) is 13.8. The van der Waals surface area contributed by atoms with Gasteiger partial charge in [-0.05, 0) is 10.8 Å². The van der Waals surface area contributed by atoms with Crippen LogP contribution in [0.5, 0.6) is 0 Å². The number of hydrogen-bond acceptors (Lipinski definition) is 0. The summed E-state index contributed by atoms with van der Waals surface area (Å²) in [5.41, 5.74) is 3.30. The van der Waals surface area contributed by atoms with E-state index in [0.717, 1.165) is 12.8 Å². The second-order valence-electron chi connectivity index (χ2n) is 6.89. The van der Waals surface area contributed by atoms with Crippen LogP contribution in [0, 0.1) is 23.0 Å². The topological polar surface area (TPSA) is 0 Å². The van der Waals surface area contributed by atoms with Crippen LogP contribution in [0.1, 0.15) is 57.2 Å². The van der Waals surface area contributed by atoms with Gasteiger partial charge in [-0.25, -0.2) is 23.3 Å². The van der Waals surface area contributed by atoms with Gasteiger partial charge in [0.25, 0.3) is 0 Å². The molecule has 0 heterocycles. The van der Waals surface area contributed by atoms with E-state index < -0.39 is 0 Å². The van der Waals surface area contributed by atoms with Gasteiger partial charge >= 0.3 is 26.2 Å². The number of allylic oxidation sites excluding steroid dienone is 8. The maximum Gasteiger partial charge on any atom is 4.00 e. The van der Waals surface area contributed by atoms with Crippen molar-refractivity contribution in [2.45, 2.75) is 54.4 Å². The van der Waals surface area contributed by atoms with Gasteiger partial charge in [0.05, 0.1) is 0 Å². The molecule has 2 rings (SSSR count). The van der Waals surface area contributed by atoms with Crippen molar-refractivity contribution in [3.8, 4) is 0 Å². The minimum atomic E-state index is 0. The Bertz CT molecular complexity index is 362. The molecule has 0 nitrogen and oxygen atoms in total. The maximum absolute atomic E-state index is 3.30. The van der Waals surface area contributed by atoms with Crippen molar-refractivity contribution < 1.29 is 29.1 Å². The second-order valence-corrected chi connectivity index (χ2v) is 6.89. The fourth-order valence-electron chi connectivity index (χ4n) is 1.84. The first kappa shape index (κ1) is 18.8. The average Bonchev–Trinajstić information content (AvgIpc) is 2.91. The molecule has 2 aliphatic carbocycles. The summed E-state index contributed by atoms with van der Waals surface area (Å²) in [6, 6.07) is 0. The van der Waals surface area contributed by atoms with Crippen molar-refractivity contribution in [1.29, 1.82) is 0 Å². The molecule has 0 aromatic carbocycles. The van der Waals surface area contributed by atoms with Crippen LogP contribution < -0.4 is 0 Å². The Labute approximate surface area is 141 Å². The van der Waals surface area contributed by atoms with Crippen LogP contribution in [-0.2, 0) is 26.2 Å². The molecule has 19 heavy (non-hydrogen) atoms. The molecule has 0 spiro atoms. The summed E-state index contributed by atoms with van der Waals surface area (Å²) in [4.78, 5) is 0. The van der Waals surface area contributed by atoms with E-state index in [1.807, 2.05) is 0 Å². The predicted octanol–water partition coefficient (Wildman–Crippen LogP) is 5.67. The third kappa shape index (κ3) is 6.71. The first-order chi connectivity index (χ1) is 8.21. The summed E-state index contributed by atoms with van der Waals surface area (Å²) >= 11 is 0. The zero-order valence-corrected chi connectivity index (χ0v) is 15.7. The molecule has 0 aromatic rings. The van der Waals surface area contributed by atoms with Crippen LogP contribution in [0.25, 0.3) is 0 Å². The SMILES string of the molecule is CC(C)(C)C1=[C-]CC=C1.CC(C)(C)C1=[C-]CC=C1.[H-].[H-].[Zr+4]. The summed E-state index contributed by atoms with van der Waals surface area (Å²) in [6.07, 6.45) is 17.3. The zero-order valence-electron chi connectivity index (χ0n) is 15.2. The summed E-state index contributed by atoms with van der Waals surface area (Å²) < 4.78 is 0. The Morgan fingerprint density at radius 1 is 0.789 bits per heavy atom. The first-order valence-corrected chi connectivity index (χ1v) is 6.77. The van der Waals surface area contributed by atoms with Crippen molar-refractivity contribution in [1.82, 2.24) is 0 Å². The minimum Gasteiger partial charge on any atom is -1.00 e. The van der Waals surface area contributed by atoms with E-state index >= 15 is 0 Å². The van der Waals surface area contributed by atoms with Gasteiger partial charge < -0.3 is 2.85 Å². The summed E-state index contributed by atoms with van der Waals surface area (Å²) in [6.45, 7) is 13.3. The molecule has 0 N–H and O–H groups in total. The number of hydrogen-bond donors (Lipinski definition) is 0. The minimum absolute atomic E-state index is 0. The Hall–Kier alpha value is -0.157. The van der Waals surface area contributed by atoms with Crippen molar-refractivity contribution in [3.05, 3.63) is 47.6 Å². The fraction of sp³-hybridized carbons (Fsp3) is 0.556. The fourth-order valence-corrected chi connectivity index (χ4v) is 1.84. The Morgan fingerprint density at radius 3 is 1.21 bits per heavy atom. The Kier molecular flexibility index (Phi) is 7.52. The summed E-state index contributed by atoms with van der Waals surface area (Å²) in [5, 5.41) is 0. The molecule has 2 aliphatic rings. The maximum atomic E-state index is 3.30. The van der Waals surface area contributed by atoms with Crippen molar-refractivity contribution in [2.24, 2.45) is 10.8 Å². The van der Waals surface area contributed by atoms with Gasteiger partial charge in [-0.1, -0.05) is 41.5 Å². The van der Waals surface area contributed by atoms with Gasteiger partial charge in [0.1, 0.15) is 0 Å². The van der Waals surface area contributed by atoms with E-state index in [2.05, 4.69) is 78.0 Å². The summed E-state index contributed by atoms with van der Waals surface area (Å²) in [7, 11) is 0. The van der Waals surface area contributed by atoms with Crippen molar-refractivity contribution in [3.63, 3.8) is 0 Å². The third-order valence-electron chi connectivity index (χ3n) is 3.01. The Morgan fingerprint density at radius 2 is 1.11 bits per heavy atom. The predicted molar refractivity (Wildman–Crippen MR) is 82.2 cm³/mol. The molecule has 0 amide bonds. The van der Waals surface area contributed by atoms with Crippen molar-refractivity contribution >= 4 is 0 Å². The molecule has 0 fully saturated rings. The van der Waals surface area contributed by atoms with Gasteiger partial charge in [-0.15, -0.1) is 12.8 Å². The van der Waals surface area contributed by atoms with Crippen LogP contribution in [-0.4, -0.2) is 0 Å². The van der Waals surface area contributed by atoms with E-state index in [1.165, 1.54) is 11.1 Å². The molecule has 0 radical (unpaired) electrons. The van der Waals surface area contributed by atoms with Crippen molar-refractivity contribution in [2.75, 3.05) is 0 Å². The van der Waals surface area contributed by atoms with E-state index in [1.54, 1.807) is 0 Å². The summed E-state index contributed by atoms with van der Waals surface area (Å²) in [5.74, 6) is 0. The van der Waals surface area contributed by atoms with Gasteiger partial charge in [0.2, 0.25) is 0 Å². The standard InChI is InChI=1S/2C9H13.Zr.2H/c2*1-9(2,3)8-6-4-5-7-8;;;/h2*4,6H,5H2,1-3H3;;;/q2*-1;+4;2*-1. The Balaban J connectivity index is -0.000000270. The third-order valence-corrected chi connectivity index (χ3v) is 3.01. The van der Waals surface area contributed by atoms with Gasteiger partial charge in [0.15, 0.2) is 0 Å². The average molecular weight is 336 g/mol. The van der Waals surface area contributed by atoms with Crippen LogP contribution in [0.3, 0.4) is 0 Å². The van der Waals surface area contributed by atoms with E-state index in [-0.39, 0.29) is 29.1 Å². The molecule has 104 valence electrons. The molecule has 0 saturated carbocycles. The number of rotatable bonds is 0. The van der Waals surface area contributed by atoms with E-state index in [0.29, 0.717) is 10.8 Å². The molecule has 0 aromatic heterocycles. The largest absolute Gasteiger partial charge is 4.00 e. The van der Waals surface area contributed by atoms with Gasteiger partial charge in [-0.2, -0.15) is 12.2 Å². The monoisotopic (exact) mass is 334 g/mol. The van der Waals surface area contributed by atoms with Crippen LogP contribution >= 0.6 is 0 Å². The van der Waals surface area contributed by atoms with Crippen LogP contribution in [0.15, 0.2) is 35.5 Å². The molecule has 1 heteroatoms. The molecular weight excluding hydrogens is 307 g/mol. The molecule has 0 bridgehead atoms. The van der Waals surface area contributed by atoms with E-state index in [9.17, 15) is 0 Å². The quantitative estimate of drug-likeness (QED) is 0.501. The van der Waals surface area contributed by atoms with Gasteiger partial charge in [-0.3, -0.25) is 12.2 Å². The molecule has 0 saturated heterocycles.